The third kappa shape index (κ3) is 5.66. The fourth-order valence-corrected chi connectivity index (χ4v) is 6.05. The SMILES string of the molecule is Cc1ccc(NC(=O)Nc2nc(CS(=O)(=O)c3ccccc3)cs2)c(C(=O)C2CCCC2)c1. The topological polar surface area (TPSA) is 105 Å². The lowest BCUT2D eigenvalue weighted by molar-refractivity contribution is 0.0923. The molecule has 2 N–H and O–H groups in total. The van der Waals surface area contributed by atoms with Crippen molar-refractivity contribution in [1.29, 1.82) is 0 Å². The van der Waals surface area contributed by atoms with Crippen molar-refractivity contribution in [3.8, 4) is 0 Å². The molecule has 0 bridgehead atoms. The number of urea groups is 1. The Morgan fingerprint density at radius 1 is 1.06 bits per heavy atom. The van der Waals surface area contributed by atoms with Crippen molar-refractivity contribution >= 4 is 43.8 Å². The first-order valence-electron chi connectivity index (χ1n) is 10.8. The van der Waals surface area contributed by atoms with Crippen molar-refractivity contribution in [1.82, 2.24) is 4.98 Å². The second-order valence-electron chi connectivity index (χ2n) is 8.19. The fraction of sp³-hybridized carbons (Fsp3) is 0.292. The molecule has 2 aromatic carbocycles. The number of aromatic nitrogens is 1. The highest BCUT2D eigenvalue weighted by atomic mass is 32.2. The van der Waals surface area contributed by atoms with Crippen LogP contribution in [0.1, 0.15) is 47.3 Å². The number of ketones is 1. The third-order valence-electron chi connectivity index (χ3n) is 5.63. The molecule has 7 nitrogen and oxygen atoms in total. The number of amides is 2. The standard InChI is InChI=1S/C24H25N3O4S2/c1-16-11-12-21(20(13-16)22(28)17-7-5-6-8-17)26-23(29)27-24-25-18(14-32-24)15-33(30,31)19-9-3-2-4-10-19/h2-4,9-14,17H,5-8,15H2,1H3,(H2,25,26,27,29). The molecular weight excluding hydrogens is 458 g/mol. The first-order valence-corrected chi connectivity index (χ1v) is 13.3. The van der Waals surface area contributed by atoms with Crippen molar-refractivity contribution in [2.24, 2.45) is 5.92 Å². The molecule has 0 aliphatic heterocycles. The van der Waals surface area contributed by atoms with Crippen molar-refractivity contribution < 1.29 is 18.0 Å². The summed E-state index contributed by atoms with van der Waals surface area (Å²) in [5.41, 5.74) is 2.28. The molecule has 1 aliphatic rings. The zero-order chi connectivity index (χ0) is 23.4. The van der Waals surface area contributed by atoms with Gasteiger partial charge in [-0.1, -0.05) is 42.7 Å². The van der Waals surface area contributed by atoms with Gasteiger partial charge in [0.1, 0.15) is 0 Å². The lowest BCUT2D eigenvalue weighted by Crippen LogP contribution is -2.22. The number of hydrogen-bond donors (Lipinski definition) is 2. The molecule has 0 radical (unpaired) electrons. The number of rotatable bonds is 7. The fourth-order valence-electron chi connectivity index (χ4n) is 3.97. The predicted octanol–water partition coefficient (Wildman–Crippen LogP) is 5.44. The number of nitrogens with one attached hydrogen (secondary N) is 2. The summed E-state index contributed by atoms with van der Waals surface area (Å²) in [5, 5.41) is 7.28. The van der Waals surface area contributed by atoms with Gasteiger partial charge in [-0.2, -0.15) is 0 Å². The van der Waals surface area contributed by atoms with E-state index in [1.54, 1.807) is 41.8 Å². The van der Waals surface area contributed by atoms with E-state index in [4.69, 9.17) is 0 Å². The third-order valence-corrected chi connectivity index (χ3v) is 8.10. The molecule has 2 amide bonds. The molecule has 1 aliphatic carbocycles. The number of nitrogens with zero attached hydrogens (tertiary/aromatic N) is 1. The summed E-state index contributed by atoms with van der Waals surface area (Å²) < 4.78 is 25.1. The van der Waals surface area contributed by atoms with Gasteiger partial charge in [0.2, 0.25) is 0 Å². The van der Waals surface area contributed by atoms with Gasteiger partial charge in [-0.05, 0) is 44.0 Å². The number of hydrogen-bond acceptors (Lipinski definition) is 6. The molecule has 0 unspecified atom stereocenters. The Labute approximate surface area is 197 Å². The number of Topliss-reactive ketones (excluding diaryl/α,β-unsaturated/α-hetero) is 1. The second kappa shape index (κ2) is 9.84. The van der Waals surface area contributed by atoms with Gasteiger partial charge in [-0.3, -0.25) is 10.1 Å². The van der Waals surface area contributed by atoms with Crippen LogP contribution in [-0.2, 0) is 15.6 Å². The van der Waals surface area contributed by atoms with Crippen molar-refractivity contribution in [3.63, 3.8) is 0 Å². The van der Waals surface area contributed by atoms with E-state index in [1.165, 1.54) is 0 Å². The number of anilines is 2. The van der Waals surface area contributed by atoms with Gasteiger partial charge < -0.3 is 5.32 Å². The highest BCUT2D eigenvalue weighted by Gasteiger charge is 2.26. The number of benzene rings is 2. The molecule has 3 aromatic rings. The molecule has 4 rings (SSSR count). The van der Waals surface area contributed by atoms with Crippen LogP contribution in [0.2, 0.25) is 0 Å². The Balaban J connectivity index is 1.43. The molecule has 0 spiro atoms. The molecule has 1 heterocycles. The molecule has 172 valence electrons. The highest BCUT2D eigenvalue weighted by molar-refractivity contribution is 7.90. The summed E-state index contributed by atoms with van der Waals surface area (Å²) in [6, 6.07) is 13.0. The minimum atomic E-state index is -3.53. The first-order chi connectivity index (χ1) is 15.8. The summed E-state index contributed by atoms with van der Waals surface area (Å²) in [4.78, 5) is 30.0. The Morgan fingerprint density at radius 3 is 2.52 bits per heavy atom. The van der Waals surface area contributed by atoms with Gasteiger partial charge in [0, 0.05) is 16.9 Å². The van der Waals surface area contributed by atoms with Crippen LogP contribution in [0.15, 0.2) is 58.8 Å². The maximum Gasteiger partial charge on any atom is 0.325 e. The number of sulfone groups is 1. The van der Waals surface area contributed by atoms with Crippen molar-refractivity contribution in [2.75, 3.05) is 10.6 Å². The van der Waals surface area contributed by atoms with E-state index in [0.717, 1.165) is 42.6 Å². The molecular formula is C24H25N3O4S2. The zero-order valence-electron chi connectivity index (χ0n) is 18.2. The minimum absolute atomic E-state index is 0.00324. The van der Waals surface area contributed by atoms with E-state index in [0.29, 0.717) is 16.9 Å². The minimum Gasteiger partial charge on any atom is -0.307 e. The molecule has 9 heteroatoms. The largest absolute Gasteiger partial charge is 0.325 e. The maximum atomic E-state index is 13.0. The van der Waals surface area contributed by atoms with Crippen LogP contribution in [0.3, 0.4) is 0 Å². The van der Waals surface area contributed by atoms with Crippen LogP contribution in [-0.4, -0.2) is 25.2 Å². The summed E-state index contributed by atoms with van der Waals surface area (Å²) in [7, 11) is -3.53. The summed E-state index contributed by atoms with van der Waals surface area (Å²) in [5.74, 6) is -0.188. The van der Waals surface area contributed by atoms with Crippen molar-refractivity contribution in [3.05, 3.63) is 70.7 Å². The van der Waals surface area contributed by atoms with Crippen LogP contribution in [0.4, 0.5) is 15.6 Å². The van der Waals surface area contributed by atoms with Crippen LogP contribution < -0.4 is 10.6 Å². The zero-order valence-corrected chi connectivity index (χ0v) is 19.8. The van der Waals surface area contributed by atoms with Gasteiger partial charge in [0.05, 0.1) is 22.0 Å². The Morgan fingerprint density at radius 2 is 1.79 bits per heavy atom. The summed E-state index contributed by atoms with van der Waals surface area (Å²) in [6.07, 6.45) is 3.87. The summed E-state index contributed by atoms with van der Waals surface area (Å²) >= 11 is 1.14. The lowest BCUT2D eigenvalue weighted by Gasteiger charge is -2.14. The number of thiazole rings is 1. The average molecular weight is 484 g/mol. The second-order valence-corrected chi connectivity index (χ2v) is 11.0. The molecule has 0 atom stereocenters. The molecule has 33 heavy (non-hydrogen) atoms. The van der Waals surface area contributed by atoms with Gasteiger partial charge in [0.15, 0.2) is 20.8 Å². The average Bonchev–Trinajstić information content (AvgIpc) is 3.47. The molecule has 1 aromatic heterocycles. The van der Waals surface area contributed by atoms with Crippen molar-refractivity contribution in [2.45, 2.75) is 43.3 Å². The quantitative estimate of drug-likeness (QED) is 0.435. The first kappa shape index (κ1) is 23.1. The molecule has 1 fully saturated rings. The lowest BCUT2D eigenvalue weighted by atomic mass is 9.94. The number of carbonyl (C=O) groups excluding carboxylic acids is 2. The van der Waals surface area contributed by atoms with E-state index in [1.807, 2.05) is 19.1 Å². The Hall–Kier alpha value is -3.04. The van der Waals surface area contributed by atoms with Crippen LogP contribution in [0.25, 0.3) is 0 Å². The van der Waals surface area contributed by atoms with Crippen LogP contribution in [0.5, 0.6) is 0 Å². The molecule has 1 saturated carbocycles. The van der Waals surface area contributed by atoms with Gasteiger partial charge in [-0.15, -0.1) is 11.3 Å². The van der Waals surface area contributed by atoms with Gasteiger partial charge in [0.25, 0.3) is 0 Å². The van der Waals surface area contributed by atoms with Crippen LogP contribution in [0, 0.1) is 12.8 Å². The van der Waals surface area contributed by atoms with E-state index in [-0.39, 0.29) is 27.5 Å². The van der Waals surface area contributed by atoms with E-state index >= 15 is 0 Å². The number of carbonyl (C=O) groups is 2. The van der Waals surface area contributed by atoms with Crippen LogP contribution >= 0.6 is 11.3 Å². The van der Waals surface area contributed by atoms with E-state index in [9.17, 15) is 18.0 Å². The smallest absolute Gasteiger partial charge is 0.307 e. The predicted molar refractivity (Wildman–Crippen MR) is 130 cm³/mol. The monoisotopic (exact) mass is 483 g/mol. The Bertz CT molecular complexity index is 1260. The normalized spacial score (nSPS) is 14.2. The highest BCUT2D eigenvalue weighted by Crippen LogP contribution is 2.31. The maximum absolute atomic E-state index is 13.0. The van der Waals surface area contributed by atoms with Gasteiger partial charge in [-0.25, -0.2) is 18.2 Å². The number of aryl methyl sites for hydroxylation is 1. The van der Waals surface area contributed by atoms with E-state index < -0.39 is 15.9 Å². The molecule has 0 saturated heterocycles. The Kier molecular flexibility index (Phi) is 6.90. The van der Waals surface area contributed by atoms with E-state index in [2.05, 4.69) is 15.6 Å². The van der Waals surface area contributed by atoms with Gasteiger partial charge >= 0.3 is 6.03 Å². The summed E-state index contributed by atoms with van der Waals surface area (Å²) in [6.45, 7) is 1.91.